The van der Waals surface area contributed by atoms with E-state index < -0.39 is 0 Å². The van der Waals surface area contributed by atoms with Crippen LogP contribution in [0, 0.1) is 0 Å². The number of amides is 1. The topological polar surface area (TPSA) is 64.3 Å². The van der Waals surface area contributed by atoms with Gasteiger partial charge in [-0.15, -0.1) is 0 Å². The van der Waals surface area contributed by atoms with Crippen molar-refractivity contribution in [3.63, 3.8) is 0 Å². The van der Waals surface area contributed by atoms with Crippen LogP contribution in [0.5, 0.6) is 0 Å². The molecule has 0 aliphatic heterocycles. The third-order valence-corrected chi connectivity index (χ3v) is 1.56. The molecule has 0 heterocycles. The van der Waals surface area contributed by atoms with Gasteiger partial charge < -0.3 is 15.8 Å². The summed E-state index contributed by atoms with van der Waals surface area (Å²) in [4.78, 5) is 11.4. The Kier molecular flexibility index (Phi) is 7.53. The van der Waals surface area contributed by atoms with Gasteiger partial charge in [0.15, 0.2) is 0 Å². The van der Waals surface area contributed by atoms with Gasteiger partial charge in [0, 0.05) is 13.2 Å². The number of nitrogens with two attached hydrogens (primary N) is 1. The lowest BCUT2D eigenvalue weighted by atomic mass is 10.3. The van der Waals surface area contributed by atoms with Crippen molar-refractivity contribution in [2.75, 3.05) is 19.8 Å². The number of carbonyl (C=O) groups is 1. The molecular weight excluding hydrogens is 188 g/mol. The van der Waals surface area contributed by atoms with Gasteiger partial charge in [-0.1, -0.05) is 12.2 Å². The number of rotatable bonds is 7. The lowest BCUT2D eigenvalue weighted by Crippen LogP contribution is -2.29. The predicted molar refractivity (Wildman–Crippen MR) is 55.5 cm³/mol. The zero-order chi connectivity index (χ0) is 10.1. The summed E-state index contributed by atoms with van der Waals surface area (Å²) >= 11 is 4.68. The van der Waals surface area contributed by atoms with E-state index in [1.165, 1.54) is 0 Å². The lowest BCUT2D eigenvalue weighted by molar-refractivity contribution is -0.125. The molecule has 0 aromatic rings. The van der Waals surface area contributed by atoms with Gasteiger partial charge in [-0.25, -0.2) is 0 Å². The van der Waals surface area contributed by atoms with Crippen LogP contribution >= 0.6 is 12.2 Å². The fraction of sp³-hybridized carbons (Fsp3) is 0.750. The zero-order valence-electron chi connectivity index (χ0n) is 7.84. The maximum Gasteiger partial charge on any atom is 0.245 e. The monoisotopic (exact) mass is 204 g/mol. The molecule has 4 nitrogen and oxygen atoms in total. The molecule has 0 rings (SSSR count). The van der Waals surface area contributed by atoms with E-state index in [9.17, 15) is 4.79 Å². The van der Waals surface area contributed by atoms with Crippen molar-refractivity contribution >= 4 is 23.1 Å². The summed E-state index contributed by atoms with van der Waals surface area (Å²) in [7, 11) is 0. The standard InChI is InChI=1S/C8H16N2O2S/c1-2-12-6-8(11)10-5-3-4-7(9)13/h2-6H2,1H3,(H2,9,13)(H,10,11). The fourth-order valence-electron chi connectivity index (χ4n) is 0.736. The highest BCUT2D eigenvalue weighted by Gasteiger charge is 1.98. The van der Waals surface area contributed by atoms with Gasteiger partial charge in [0.05, 0.1) is 4.99 Å². The Morgan fingerprint density at radius 3 is 2.85 bits per heavy atom. The first-order chi connectivity index (χ1) is 6.16. The van der Waals surface area contributed by atoms with Gasteiger partial charge in [-0.05, 0) is 19.8 Å². The predicted octanol–water partition coefficient (Wildman–Crippen LogP) is 0.205. The average Bonchev–Trinajstić information content (AvgIpc) is 2.08. The van der Waals surface area contributed by atoms with Crippen LogP contribution in [0.25, 0.3) is 0 Å². The Labute approximate surface area is 83.8 Å². The highest BCUT2D eigenvalue weighted by molar-refractivity contribution is 7.80. The van der Waals surface area contributed by atoms with Crippen LogP contribution in [0.4, 0.5) is 0 Å². The molecule has 0 saturated carbocycles. The van der Waals surface area contributed by atoms with Crippen LogP contribution in [-0.2, 0) is 9.53 Å². The molecule has 0 saturated heterocycles. The van der Waals surface area contributed by atoms with Crippen LogP contribution in [0.15, 0.2) is 0 Å². The minimum Gasteiger partial charge on any atom is -0.393 e. The summed E-state index contributed by atoms with van der Waals surface area (Å²) < 4.78 is 4.91. The number of hydrogen-bond acceptors (Lipinski definition) is 3. The maximum atomic E-state index is 10.9. The largest absolute Gasteiger partial charge is 0.393 e. The van der Waals surface area contributed by atoms with Crippen LogP contribution in [0.1, 0.15) is 19.8 Å². The highest BCUT2D eigenvalue weighted by Crippen LogP contribution is 1.86. The van der Waals surface area contributed by atoms with E-state index in [2.05, 4.69) is 17.5 Å². The number of thiocarbonyl (C=S) groups is 1. The molecule has 13 heavy (non-hydrogen) atoms. The summed E-state index contributed by atoms with van der Waals surface area (Å²) in [6.07, 6.45) is 1.46. The SMILES string of the molecule is CCOCC(=O)NCCCC(N)=S. The molecular formula is C8H16N2O2S. The van der Waals surface area contributed by atoms with E-state index in [-0.39, 0.29) is 12.5 Å². The van der Waals surface area contributed by atoms with E-state index in [1.54, 1.807) is 0 Å². The fourth-order valence-corrected chi connectivity index (χ4v) is 0.881. The van der Waals surface area contributed by atoms with Crippen molar-refractivity contribution < 1.29 is 9.53 Å². The minimum absolute atomic E-state index is 0.0928. The smallest absolute Gasteiger partial charge is 0.245 e. The molecule has 0 bridgehead atoms. The van der Waals surface area contributed by atoms with Crippen LogP contribution < -0.4 is 11.1 Å². The molecule has 0 atom stereocenters. The molecule has 0 aliphatic rings. The van der Waals surface area contributed by atoms with Gasteiger partial charge in [0.2, 0.25) is 5.91 Å². The number of hydrogen-bond donors (Lipinski definition) is 2. The lowest BCUT2D eigenvalue weighted by Gasteiger charge is -2.04. The molecule has 5 heteroatoms. The van der Waals surface area contributed by atoms with Crippen molar-refractivity contribution in [2.45, 2.75) is 19.8 Å². The molecule has 0 radical (unpaired) electrons. The van der Waals surface area contributed by atoms with E-state index in [0.29, 0.717) is 24.6 Å². The molecule has 0 spiro atoms. The number of ether oxygens (including phenoxy) is 1. The molecule has 0 fully saturated rings. The third-order valence-electron chi connectivity index (χ3n) is 1.36. The molecule has 0 aliphatic carbocycles. The maximum absolute atomic E-state index is 10.9. The molecule has 3 N–H and O–H groups in total. The van der Waals surface area contributed by atoms with Gasteiger partial charge in [0.25, 0.3) is 0 Å². The van der Waals surface area contributed by atoms with E-state index in [4.69, 9.17) is 10.5 Å². The van der Waals surface area contributed by atoms with E-state index in [1.807, 2.05) is 6.92 Å². The molecule has 1 amide bonds. The van der Waals surface area contributed by atoms with Crippen LogP contribution in [0.2, 0.25) is 0 Å². The molecule has 0 aromatic carbocycles. The van der Waals surface area contributed by atoms with E-state index >= 15 is 0 Å². The first-order valence-electron chi connectivity index (χ1n) is 4.29. The second-order valence-electron chi connectivity index (χ2n) is 2.56. The number of nitrogens with one attached hydrogen (secondary N) is 1. The summed E-state index contributed by atoms with van der Waals surface area (Å²) in [5.41, 5.74) is 5.28. The summed E-state index contributed by atoms with van der Waals surface area (Å²) in [6, 6.07) is 0. The first kappa shape index (κ1) is 12.3. The Morgan fingerprint density at radius 2 is 2.31 bits per heavy atom. The Morgan fingerprint density at radius 1 is 1.62 bits per heavy atom. The zero-order valence-corrected chi connectivity index (χ0v) is 8.65. The highest BCUT2D eigenvalue weighted by atomic mass is 32.1. The van der Waals surface area contributed by atoms with Crippen molar-refractivity contribution in [1.29, 1.82) is 0 Å². The molecule has 76 valence electrons. The van der Waals surface area contributed by atoms with Crippen molar-refractivity contribution in [3.05, 3.63) is 0 Å². The molecule has 0 aromatic heterocycles. The van der Waals surface area contributed by atoms with Crippen molar-refractivity contribution in [3.8, 4) is 0 Å². The Hall–Kier alpha value is -0.680. The Balaban J connectivity index is 3.22. The van der Waals surface area contributed by atoms with Gasteiger partial charge in [-0.3, -0.25) is 4.79 Å². The van der Waals surface area contributed by atoms with Gasteiger partial charge >= 0.3 is 0 Å². The first-order valence-corrected chi connectivity index (χ1v) is 4.70. The third kappa shape index (κ3) is 9.23. The normalized spacial score (nSPS) is 9.62. The van der Waals surface area contributed by atoms with Crippen molar-refractivity contribution in [1.82, 2.24) is 5.32 Å². The Bertz CT molecular complexity index is 174. The van der Waals surface area contributed by atoms with E-state index in [0.717, 1.165) is 6.42 Å². The summed E-state index contributed by atoms with van der Waals surface area (Å²) in [5, 5.41) is 2.69. The second-order valence-corrected chi connectivity index (χ2v) is 3.08. The van der Waals surface area contributed by atoms with Gasteiger partial charge in [-0.2, -0.15) is 0 Å². The number of carbonyl (C=O) groups excluding carboxylic acids is 1. The minimum atomic E-state index is -0.0928. The van der Waals surface area contributed by atoms with Crippen LogP contribution in [-0.4, -0.2) is 30.7 Å². The van der Waals surface area contributed by atoms with Crippen LogP contribution in [0.3, 0.4) is 0 Å². The second kappa shape index (κ2) is 7.94. The van der Waals surface area contributed by atoms with Gasteiger partial charge in [0.1, 0.15) is 6.61 Å². The molecule has 0 unspecified atom stereocenters. The quantitative estimate of drug-likeness (QED) is 0.459. The summed E-state index contributed by atoms with van der Waals surface area (Å²) in [6.45, 7) is 3.13. The van der Waals surface area contributed by atoms with Crippen molar-refractivity contribution in [2.24, 2.45) is 5.73 Å². The summed E-state index contributed by atoms with van der Waals surface area (Å²) in [5.74, 6) is -0.0928. The average molecular weight is 204 g/mol.